The zero-order chi connectivity index (χ0) is 42.8. The molecule has 0 amide bonds. The highest BCUT2D eigenvalue weighted by Crippen LogP contribution is 2.38. The van der Waals surface area contributed by atoms with Crippen molar-refractivity contribution in [2.45, 2.75) is 161 Å². The highest BCUT2D eigenvalue weighted by atomic mass is 31.2. The summed E-state index contributed by atoms with van der Waals surface area (Å²) in [4.78, 5) is 37.5. The van der Waals surface area contributed by atoms with Gasteiger partial charge in [-0.15, -0.1) is 6.58 Å². The molecule has 58 heavy (non-hydrogen) atoms. The summed E-state index contributed by atoms with van der Waals surface area (Å²) in [7, 11) is 1.11. The van der Waals surface area contributed by atoms with E-state index < -0.39 is 32.5 Å². The Morgan fingerprint density at radius 3 is 1.50 bits per heavy atom. The van der Waals surface area contributed by atoms with E-state index in [-0.39, 0.29) is 26.1 Å². The molecule has 10 heteroatoms. The summed E-state index contributed by atoms with van der Waals surface area (Å²) in [6, 6.07) is 0. The Bertz CT molecular complexity index is 1250. The number of nitrogens with zero attached hydrogens (tertiary/aromatic N) is 1. The molecule has 0 spiro atoms. The Balaban J connectivity index is 4.47. The maximum atomic E-state index is 12.7. The molecule has 9 nitrogen and oxygen atoms in total. The molecule has 0 aromatic heterocycles. The predicted octanol–water partition coefficient (Wildman–Crippen LogP) is 12.2. The van der Waals surface area contributed by atoms with E-state index in [1.54, 1.807) is 0 Å². The van der Waals surface area contributed by atoms with E-state index in [2.05, 4.69) is 74.3 Å². The van der Waals surface area contributed by atoms with Crippen LogP contribution < -0.4 is 4.89 Å². The van der Waals surface area contributed by atoms with Gasteiger partial charge in [0, 0.05) is 12.8 Å². The number of phosphoric ester groups is 1. The maximum Gasteiger partial charge on any atom is 0.306 e. The molecule has 0 bridgehead atoms. The second kappa shape index (κ2) is 39.6. The number of esters is 2. The molecule has 0 saturated carbocycles. The molecule has 0 aliphatic carbocycles. The number of allylic oxidation sites excluding steroid dienone is 13. The van der Waals surface area contributed by atoms with Gasteiger partial charge in [-0.25, -0.2) is 0 Å². The Morgan fingerprint density at radius 1 is 0.586 bits per heavy atom. The van der Waals surface area contributed by atoms with Crippen LogP contribution in [0.15, 0.2) is 85.6 Å². The molecule has 1 unspecified atom stereocenters. The molecule has 0 aromatic rings. The minimum atomic E-state index is -4.65. The van der Waals surface area contributed by atoms with Crippen molar-refractivity contribution in [3.8, 4) is 0 Å². The number of carbonyl (C=O) groups excluding carboxylic acids is 2. The minimum absolute atomic E-state index is 0.0466. The van der Waals surface area contributed by atoms with Crippen LogP contribution >= 0.6 is 7.82 Å². The van der Waals surface area contributed by atoms with Gasteiger partial charge in [0.1, 0.15) is 19.8 Å². The van der Waals surface area contributed by atoms with Gasteiger partial charge in [-0.1, -0.05) is 157 Å². The van der Waals surface area contributed by atoms with Gasteiger partial charge in [0.2, 0.25) is 0 Å². The lowest BCUT2D eigenvalue weighted by Crippen LogP contribution is -2.37. The normalized spacial score (nSPS) is 14.2. The Labute approximate surface area is 354 Å². The lowest BCUT2D eigenvalue weighted by Gasteiger charge is -2.28. The zero-order valence-electron chi connectivity index (χ0n) is 37.0. The molecule has 332 valence electrons. The molecule has 0 heterocycles. The number of carbonyl (C=O) groups is 2. The number of hydrogen-bond acceptors (Lipinski definition) is 8. The summed E-state index contributed by atoms with van der Waals surface area (Å²) in [6.45, 7) is 5.53. The van der Waals surface area contributed by atoms with E-state index in [0.29, 0.717) is 23.9 Å². The molecule has 0 aliphatic heterocycles. The van der Waals surface area contributed by atoms with Gasteiger partial charge >= 0.3 is 11.9 Å². The van der Waals surface area contributed by atoms with E-state index in [0.717, 1.165) is 64.2 Å². The van der Waals surface area contributed by atoms with Gasteiger partial charge in [0.15, 0.2) is 6.10 Å². The average Bonchev–Trinajstić information content (AvgIpc) is 3.17. The Kier molecular flexibility index (Phi) is 37.7. The summed E-state index contributed by atoms with van der Waals surface area (Å²) in [5.41, 5.74) is 0. The van der Waals surface area contributed by atoms with Crippen LogP contribution in [-0.2, 0) is 32.7 Å². The average molecular weight is 832 g/mol. The van der Waals surface area contributed by atoms with Crippen LogP contribution in [0.1, 0.15) is 155 Å². The van der Waals surface area contributed by atoms with Crippen LogP contribution in [-0.4, -0.2) is 70.0 Å². The van der Waals surface area contributed by atoms with Gasteiger partial charge in [-0.2, -0.15) is 0 Å². The SMILES string of the molecule is C=CCCCCCCCCCCCCCCCC(=O)O[C@H](COC(=O)CC/C=C/C/C=C/C/C=C/C/C=C/C/C=C/C/C=C/CC)COP(=O)([O-])OCC[N+](C)(C)C. The fourth-order valence-corrected chi connectivity index (χ4v) is 6.33. The largest absolute Gasteiger partial charge is 0.756 e. The van der Waals surface area contributed by atoms with E-state index in [4.69, 9.17) is 18.5 Å². The molecule has 0 saturated heterocycles. The van der Waals surface area contributed by atoms with E-state index in [1.165, 1.54) is 57.8 Å². The topological polar surface area (TPSA) is 111 Å². The van der Waals surface area contributed by atoms with E-state index in [1.807, 2.05) is 39.4 Å². The van der Waals surface area contributed by atoms with Gasteiger partial charge in [0.25, 0.3) is 7.82 Å². The zero-order valence-corrected chi connectivity index (χ0v) is 37.9. The van der Waals surface area contributed by atoms with Gasteiger partial charge < -0.3 is 27.9 Å². The van der Waals surface area contributed by atoms with Crippen molar-refractivity contribution in [2.75, 3.05) is 47.5 Å². The summed E-state index contributed by atoms with van der Waals surface area (Å²) in [6.07, 6.45) is 49.4. The highest BCUT2D eigenvalue weighted by molar-refractivity contribution is 7.45. The fourth-order valence-electron chi connectivity index (χ4n) is 5.60. The molecule has 2 atom stereocenters. The fraction of sp³-hybridized carbons (Fsp3) is 0.667. The molecular formula is C48H82NO8P. The first kappa shape index (κ1) is 55.2. The third-order valence-electron chi connectivity index (χ3n) is 9.06. The number of ether oxygens (including phenoxy) is 2. The second-order valence-corrected chi connectivity index (χ2v) is 17.2. The van der Waals surface area contributed by atoms with Crippen molar-refractivity contribution in [2.24, 2.45) is 0 Å². The Morgan fingerprint density at radius 2 is 1.03 bits per heavy atom. The highest BCUT2D eigenvalue weighted by Gasteiger charge is 2.21. The second-order valence-electron chi connectivity index (χ2n) is 15.8. The smallest absolute Gasteiger partial charge is 0.306 e. The van der Waals surface area contributed by atoms with Crippen molar-refractivity contribution in [3.05, 3.63) is 85.6 Å². The van der Waals surface area contributed by atoms with Crippen LogP contribution in [0.4, 0.5) is 0 Å². The van der Waals surface area contributed by atoms with Gasteiger partial charge in [0.05, 0.1) is 27.7 Å². The van der Waals surface area contributed by atoms with Crippen molar-refractivity contribution in [1.82, 2.24) is 0 Å². The number of quaternary nitrogens is 1. The molecular weight excluding hydrogens is 750 g/mol. The lowest BCUT2D eigenvalue weighted by atomic mass is 10.0. The summed E-state index contributed by atoms with van der Waals surface area (Å²) < 4.78 is 33.8. The minimum Gasteiger partial charge on any atom is -0.756 e. The quantitative estimate of drug-likeness (QED) is 0.0197. The van der Waals surface area contributed by atoms with Gasteiger partial charge in [-0.05, 0) is 64.2 Å². The molecule has 0 rings (SSSR count). The lowest BCUT2D eigenvalue weighted by molar-refractivity contribution is -0.870. The van der Waals surface area contributed by atoms with Gasteiger partial charge in [-0.3, -0.25) is 14.2 Å². The number of unbranched alkanes of at least 4 members (excludes halogenated alkanes) is 13. The molecule has 0 N–H and O–H groups in total. The third kappa shape index (κ3) is 42.8. The van der Waals surface area contributed by atoms with Crippen LogP contribution in [0.25, 0.3) is 0 Å². The Hall–Kier alpha value is -2.81. The predicted molar refractivity (Wildman–Crippen MR) is 240 cm³/mol. The summed E-state index contributed by atoms with van der Waals surface area (Å²) in [5.74, 6) is -0.942. The first-order chi connectivity index (χ1) is 28.0. The maximum absolute atomic E-state index is 12.7. The summed E-state index contributed by atoms with van der Waals surface area (Å²) >= 11 is 0. The monoisotopic (exact) mass is 832 g/mol. The van der Waals surface area contributed by atoms with Crippen molar-refractivity contribution in [1.29, 1.82) is 0 Å². The van der Waals surface area contributed by atoms with Crippen LogP contribution in [0, 0.1) is 0 Å². The number of rotatable bonds is 40. The van der Waals surface area contributed by atoms with Crippen LogP contribution in [0.3, 0.4) is 0 Å². The third-order valence-corrected chi connectivity index (χ3v) is 10.0. The van der Waals surface area contributed by atoms with Crippen molar-refractivity contribution in [3.63, 3.8) is 0 Å². The number of phosphoric acid groups is 1. The van der Waals surface area contributed by atoms with Crippen LogP contribution in [0.2, 0.25) is 0 Å². The number of likely N-dealkylation sites (N-methyl/N-ethyl adjacent to an activating group) is 1. The van der Waals surface area contributed by atoms with Crippen LogP contribution in [0.5, 0.6) is 0 Å². The van der Waals surface area contributed by atoms with Crippen molar-refractivity contribution < 1.29 is 42.1 Å². The van der Waals surface area contributed by atoms with E-state index >= 15 is 0 Å². The molecule has 0 radical (unpaired) electrons. The first-order valence-corrected chi connectivity index (χ1v) is 23.7. The first-order valence-electron chi connectivity index (χ1n) is 22.3. The standard InChI is InChI=1S/C48H82NO8P/c1-6-8-10-12-14-16-18-20-22-23-24-25-27-28-30-32-34-36-38-40-47(50)54-44-46(45-56-58(52,53)55-43-42-49(3,4)5)57-48(51)41-39-37-35-33-31-29-26-21-19-17-15-13-11-9-7-2/h7-8,10,14,16,20,22,24-25,28,30,34,36,46H,2,6,9,11-13,15,17-19,21,23,26-27,29,31-33,35,37-45H2,1,3-5H3/b10-8+,16-14+,22-20+,25-24+,30-28+,36-34+/t46-/m1/s1. The molecule has 0 aromatic carbocycles. The van der Waals surface area contributed by atoms with Crippen molar-refractivity contribution >= 4 is 19.8 Å². The molecule has 0 fully saturated rings. The number of hydrogen-bond donors (Lipinski definition) is 0. The molecule has 0 aliphatic rings. The van der Waals surface area contributed by atoms with E-state index in [9.17, 15) is 19.0 Å². The summed E-state index contributed by atoms with van der Waals surface area (Å²) in [5, 5.41) is 0.